The molecule has 0 amide bonds. The summed E-state index contributed by atoms with van der Waals surface area (Å²) < 4.78 is 0. The lowest BCUT2D eigenvalue weighted by Crippen LogP contribution is -2.22. The van der Waals surface area contributed by atoms with Crippen LogP contribution in [0.1, 0.15) is 26.7 Å². The highest BCUT2D eigenvalue weighted by molar-refractivity contribution is 6.31. The van der Waals surface area contributed by atoms with Crippen LogP contribution in [0.3, 0.4) is 0 Å². The number of hydrogen-bond acceptors (Lipinski definition) is 1. The minimum atomic E-state index is -0.547. The third kappa shape index (κ3) is 4.13. The van der Waals surface area contributed by atoms with Crippen LogP contribution in [0, 0.1) is 0 Å². The smallest absolute Gasteiger partial charge is 0.134 e. The molecule has 0 bridgehead atoms. The van der Waals surface area contributed by atoms with Crippen LogP contribution >= 0.6 is 23.2 Å². The van der Waals surface area contributed by atoms with Crippen LogP contribution in [-0.4, -0.2) is 16.5 Å². The molecule has 0 heterocycles. The maximum Gasteiger partial charge on any atom is 0.134 e. The lowest BCUT2D eigenvalue weighted by atomic mass is 10.1. The third-order valence-corrected chi connectivity index (χ3v) is 2.23. The van der Waals surface area contributed by atoms with Crippen molar-refractivity contribution < 1.29 is 4.79 Å². The van der Waals surface area contributed by atoms with Gasteiger partial charge in [-0.1, -0.05) is 6.92 Å². The summed E-state index contributed by atoms with van der Waals surface area (Å²) in [6, 6.07) is 0. The molecular weight excluding hydrogens is 171 g/mol. The third-order valence-electron chi connectivity index (χ3n) is 1.24. The predicted octanol–water partition coefficient (Wildman–Crippen LogP) is 2.59. The molecule has 0 aromatic rings. The molecule has 10 heavy (non-hydrogen) atoms. The van der Waals surface area contributed by atoms with Crippen molar-refractivity contribution in [2.24, 2.45) is 0 Å². The van der Waals surface area contributed by atoms with Gasteiger partial charge < -0.3 is 0 Å². The molecule has 0 N–H and O–H groups in total. The fourth-order valence-electron chi connectivity index (χ4n) is 0.583. The van der Waals surface area contributed by atoms with E-state index in [0.717, 1.165) is 0 Å². The Morgan fingerprint density at radius 3 is 2.40 bits per heavy atom. The lowest BCUT2D eigenvalue weighted by Gasteiger charge is -2.16. The van der Waals surface area contributed by atoms with Gasteiger partial charge in [0, 0.05) is 18.7 Å². The highest BCUT2D eigenvalue weighted by Crippen LogP contribution is 2.21. The molecular formula is C7H12Cl2O. The van der Waals surface area contributed by atoms with E-state index in [1.54, 1.807) is 6.92 Å². The zero-order valence-electron chi connectivity index (χ0n) is 6.29. The van der Waals surface area contributed by atoms with Gasteiger partial charge in [0.2, 0.25) is 0 Å². The van der Waals surface area contributed by atoms with Crippen LogP contribution in [0.25, 0.3) is 0 Å². The average molecular weight is 183 g/mol. The number of halogens is 2. The molecule has 0 aromatic carbocycles. The van der Waals surface area contributed by atoms with Gasteiger partial charge in [-0.3, -0.25) is 4.79 Å². The van der Waals surface area contributed by atoms with Gasteiger partial charge in [-0.25, -0.2) is 0 Å². The summed E-state index contributed by atoms with van der Waals surface area (Å²) in [5.74, 6) is 0.485. The summed E-state index contributed by atoms with van der Waals surface area (Å²) >= 11 is 11.4. The fraction of sp³-hybridized carbons (Fsp3) is 0.857. The number of hydrogen-bond donors (Lipinski definition) is 0. The van der Waals surface area contributed by atoms with E-state index in [1.807, 2.05) is 6.92 Å². The predicted molar refractivity (Wildman–Crippen MR) is 44.9 cm³/mol. The number of rotatable bonds is 4. The van der Waals surface area contributed by atoms with Crippen LogP contribution in [-0.2, 0) is 4.79 Å². The van der Waals surface area contributed by atoms with E-state index in [-0.39, 0.29) is 5.78 Å². The first kappa shape index (κ1) is 10.2. The summed E-state index contributed by atoms with van der Waals surface area (Å²) in [5, 5.41) is 0. The van der Waals surface area contributed by atoms with Crippen LogP contribution in [0.15, 0.2) is 0 Å². The summed E-state index contributed by atoms with van der Waals surface area (Å²) in [4.78, 5) is 10.3. The number of alkyl halides is 2. The summed E-state index contributed by atoms with van der Waals surface area (Å²) in [6.45, 7) is 3.60. The quantitative estimate of drug-likeness (QED) is 0.612. The van der Waals surface area contributed by atoms with Gasteiger partial charge in [0.15, 0.2) is 0 Å². The molecule has 60 valence electrons. The van der Waals surface area contributed by atoms with Crippen LogP contribution in [0.2, 0.25) is 0 Å². The maximum absolute atomic E-state index is 10.8. The number of Topliss-reactive ketones (excluding diaryl/α,β-unsaturated/α-hetero) is 1. The van der Waals surface area contributed by atoms with Gasteiger partial charge >= 0.3 is 0 Å². The molecule has 3 heteroatoms. The topological polar surface area (TPSA) is 17.1 Å². The van der Waals surface area contributed by atoms with E-state index < -0.39 is 4.87 Å². The Morgan fingerprint density at radius 1 is 1.60 bits per heavy atom. The van der Waals surface area contributed by atoms with Gasteiger partial charge in [-0.15, -0.1) is 23.2 Å². The standard InChI is InChI=1S/C7H12Cl2O/c1-3-6(10)4-7(2,9)5-8/h3-5H2,1-2H3. The molecule has 0 fully saturated rings. The average Bonchev–Trinajstić information content (AvgIpc) is 1.87. The first-order valence-corrected chi connectivity index (χ1v) is 4.19. The van der Waals surface area contributed by atoms with Crippen molar-refractivity contribution in [3.05, 3.63) is 0 Å². The zero-order valence-corrected chi connectivity index (χ0v) is 7.80. The molecule has 0 radical (unpaired) electrons. The van der Waals surface area contributed by atoms with Crippen molar-refractivity contribution in [1.29, 1.82) is 0 Å². The fourth-order valence-corrected chi connectivity index (χ4v) is 0.827. The Labute approximate surface area is 71.7 Å². The largest absolute Gasteiger partial charge is 0.300 e. The van der Waals surface area contributed by atoms with E-state index in [9.17, 15) is 4.79 Å². The Hall–Kier alpha value is 0.250. The number of carbonyl (C=O) groups is 1. The minimum absolute atomic E-state index is 0.165. The van der Waals surface area contributed by atoms with Crippen LogP contribution in [0.4, 0.5) is 0 Å². The van der Waals surface area contributed by atoms with Gasteiger partial charge in [-0.2, -0.15) is 0 Å². The SMILES string of the molecule is CCC(=O)CC(C)(Cl)CCl. The molecule has 1 atom stereocenters. The number of ketones is 1. The van der Waals surface area contributed by atoms with Crippen LogP contribution < -0.4 is 0 Å². The Bertz CT molecular complexity index is 121. The summed E-state index contributed by atoms with van der Waals surface area (Å²) in [5.41, 5.74) is 0. The first-order valence-electron chi connectivity index (χ1n) is 3.28. The van der Waals surface area contributed by atoms with Gasteiger partial charge in [0.25, 0.3) is 0 Å². The molecule has 0 spiro atoms. The highest BCUT2D eigenvalue weighted by atomic mass is 35.5. The Balaban J connectivity index is 3.76. The monoisotopic (exact) mass is 182 g/mol. The van der Waals surface area contributed by atoms with E-state index in [1.165, 1.54) is 0 Å². The molecule has 1 nitrogen and oxygen atoms in total. The number of carbonyl (C=O) groups excluding carboxylic acids is 1. The first-order chi connectivity index (χ1) is 4.52. The Morgan fingerprint density at radius 2 is 2.10 bits per heavy atom. The highest BCUT2D eigenvalue weighted by Gasteiger charge is 2.22. The van der Waals surface area contributed by atoms with Gasteiger partial charge in [0.05, 0.1) is 4.87 Å². The minimum Gasteiger partial charge on any atom is -0.300 e. The molecule has 0 aliphatic heterocycles. The van der Waals surface area contributed by atoms with Crippen molar-refractivity contribution in [1.82, 2.24) is 0 Å². The molecule has 0 aromatic heterocycles. The summed E-state index contributed by atoms with van der Waals surface area (Å²) in [7, 11) is 0. The molecule has 0 saturated heterocycles. The van der Waals surface area contributed by atoms with E-state index in [0.29, 0.717) is 18.7 Å². The van der Waals surface area contributed by atoms with E-state index in [2.05, 4.69) is 0 Å². The molecule has 0 saturated carbocycles. The normalized spacial score (nSPS) is 16.4. The second-order valence-corrected chi connectivity index (χ2v) is 3.80. The van der Waals surface area contributed by atoms with Crippen molar-refractivity contribution in [2.75, 3.05) is 5.88 Å². The van der Waals surface area contributed by atoms with E-state index in [4.69, 9.17) is 23.2 Å². The van der Waals surface area contributed by atoms with Crippen LogP contribution in [0.5, 0.6) is 0 Å². The Kier molecular flexibility index (Phi) is 4.30. The maximum atomic E-state index is 10.8. The molecule has 0 aliphatic rings. The summed E-state index contributed by atoms with van der Waals surface area (Å²) in [6.07, 6.45) is 0.910. The van der Waals surface area contributed by atoms with Crippen molar-refractivity contribution in [3.63, 3.8) is 0 Å². The van der Waals surface area contributed by atoms with Gasteiger partial charge in [0.1, 0.15) is 5.78 Å². The lowest BCUT2D eigenvalue weighted by molar-refractivity contribution is -0.119. The molecule has 0 rings (SSSR count). The van der Waals surface area contributed by atoms with Gasteiger partial charge in [-0.05, 0) is 6.92 Å². The second-order valence-electron chi connectivity index (χ2n) is 2.62. The van der Waals surface area contributed by atoms with Crippen molar-refractivity contribution in [2.45, 2.75) is 31.6 Å². The zero-order chi connectivity index (χ0) is 8.20. The van der Waals surface area contributed by atoms with E-state index >= 15 is 0 Å². The molecule has 0 aliphatic carbocycles. The van der Waals surface area contributed by atoms with Crippen molar-refractivity contribution >= 4 is 29.0 Å². The molecule has 1 unspecified atom stereocenters. The second kappa shape index (κ2) is 4.20. The van der Waals surface area contributed by atoms with Crippen molar-refractivity contribution in [3.8, 4) is 0 Å².